The van der Waals surface area contributed by atoms with E-state index in [2.05, 4.69) is 10.6 Å². The van der Waals surface area contributed by atoms with Gasteiger partial charge in [-0.15, -0.1) is 0 Å². The first-order valence-electron chi connectivity index (χ1n) is 6.41. The van der Waals surface area contributed by atoms with Gasteiger partial charge in [0.15, 0.2) is 5.11 Å². The molecule has 3 nitrogen and oxygen atoms in total. The highest BCUT2D eigenvalue weighted by Crippen LogP contribution is 2.35. The van der Waals surface area contributed by atoms with Crippen molar-refractivity contribution in [3.05, 3.63) is 63.0 Å². The zero-order valence-electron chi connectivity index (χ0n) is 11.7. The van der Waals surface area contributed by atoms with Gasteiger partial charge in [-0.3, -0.25) is 10.1 Å². The molecule has 0 aliphatic heterocycles. The summed E-state index contributed by atoms with van der Waals surface area (Å²) in [5.41, 5.74) is -1.19. The molecular formula is C15H9F4IN2OS. The third kappa shape index (κ3) is 4.87. The van der Waals surface area contributed by atoms with Crippen LogP contribution in [0.4, 0.5) is 23.2 Å². The van der Waals surface area contributed by atoms with Crippen molar-refractivity contribution in [2.75, 3.05) is 5.32 Å². The summed E-state index contributed by atoms with van der Waals surface area (Å²) >= 11 is 6.61. The van der Waals surface area contributed by atoms with Gasteiger partial charge < -0.3 is 5.32 Å². The molecule has 0 spiro atoms. The summed E-state index contributed by atoms with van der Waals surface area (Å²) in [7, 11) is 0. The predicted molar refractivity (Wildman–Crippen MR) is 94.2 cm³/mol. The highest BCUT2D eigenvalue weighted by molar-refractivity contribution is 14.1. The van der Waals surface area contributed by atoms with Gasteiger partial charge in [0.05, 0.1) is 11.3 Å². The number of anilines is 1. The molecule has 24 heavy (non-hydrogen) atoms. The van der Waals surface area contributed by atoms with Crippen LogP contribution in [0, 0.1) is 9.39 Å². The summed E-state index contributed by atoms with van der Waals surface area (Å²) in [5.74, 6) is -1.34. The fraction of sp³-hybridized carbons (Fsp3) is 0.0667. The molecule has 0 saturated carbocycles. The largest absolute Gasteiger partial charge is 0.418 e. The van der Waals surface area contributed by atoms with Gasteiger partial charge in [-0.1, -0.05) is 6.07 Å². The average molecular weight is 468 g/mol. The summed E-state index contributed by atoms with van der Waals surface area (Å²) in [5, 5.41) is 4.23. The van der Waals surface area contributed by atoms with Crippen molar-refractivity contribution < 1.29 is 22.4 Å². The van der Waals surface area contributed by atoms with Crippen molar-refractivity contribution in [3.63, 3.8) is 0 Å². The molecule has 0 aliphatic rings. The molecule has 0 unspecified atom stereocenters. The molecule has 0 bridgehead atoms. The number of rotatable bonds is 2. The normalized spacial score (nSPS) is 11.0. The van der Waals surface area contributed by atoms with Gasteiger partial charge in [0, 0.05) is 9.13 Å². The first-order valence-corrected chi connectivity index (χ1v) is 7.90. The van der Waals surface area contributed by atoms with Crippen LogP contribution in [0.1, 0.15) is 15.9 Å². The third-order valence-electron chi connectivity index (χ3n) is 2.85. The van der Waals surface area contributed by atoms with E-state index in [9.17, 15) is 22.4 Å². The molecule has 0 radical (unpaired) electrons. The Morgan fingerprint density at radius 2 is 1.83 bits per heavy atom. The molecule has 1 amide bonds. The maximum absolute atomic E-state index is 13.1. The minimum absolute atomic E-state index is 0.00203. The Morgan fingerprint density at radius 3 is 2.46 bits per heavy atom. The van der Waals surface area contributed by atoms with E-state index < -0.39 is 23.5 Å². The van der Waals surface area contributed by atoms with E-state index in [0.29, 0.717) is 3.57 Å². The molecule has 2 N–H and O–H groups in total. The lowest BCUT2D eigenvalue weighted by Gasteiger charge is -2.16. The summed E-state index contributed by atoms with van der Waals surface area (Å²) in [4.78, 5) is 11.9. The van der Waals surface area contributed by atoms with E-state index in [-0.39, 0.29) is 16.4 Å². The van der Waals surface area contributed by atoms with Crippen molar-refractivity contribution in [2.45, 2.75) is 6.18 Å². The first kappa shape index (κ1) is 18.6. The SMILES string of the molecule is O=C(NC(=S)Nc1ccc(I)cc1C(F)(F)F)c1cccc(F)c1. The molecule has 0 aromatic heterocycles. The molecule has 0 atom stereocenters. The van der Waals surface area contributed by atoms with Crippen LogP contribution in [0.5, 0.6) is 0 Å². The summed E-state index contributed by atoms with van der Waals surface area (Å²) < 4.78 is 52.6. The Labute approximate surface area is 153 Å². The van der Waals surface area contributed by atoms with Gasteiger partial charge in [-0.25, -0.2) is 4.39 Å². The zero-order chi connectivity index (χ0) is 17.9. The number of carbonyl (C=O) groups is 1. The molecule has 9 heteroatoms. The molecule has 2 aromatic rings. The standard InChI is InChI=1S/C15H9F4IN2OS/c16-9-3-1-2-8(6-9)13(23)22-14(24)21-12-5-4-10(20)7-11(12)15(17,18)19/h1-7H,(H2,21,22,23,24). The minimum Gasteiger partial charge on any atom is -0.332 e. The van der Waals surface area contributed by atoms with Gasteiger partial charge in [0.25, 0.3) is 5.91 Å². The van der Waals surface area contributed by atoms with E-state index >= 15 is 0 Å². The molecule has 2 rings (SSSR count). The smallest absolute Gasteiger partial charge is 0.332 e. The lowest BCUT2D eigenvalue weighted by atomic mass is 10.1. The van der Waals surface area contributed by atoms with Crippen LogP contribution in [-0.2, 0) is 6.18 Å². The van der Waals surface area contributed by atoms with E-state index in [1.54, 1.807) is 22.6 Å². The van der Waals surface area contributed by atoms with Crippen molar-refractivity contribution in [1.29, 1.82) is 0 Å². The summed E-state index contributed by atoms with van der Waals surface area (Å²) in [6.07, 6.45) is -4.58. The van der Waals surface area contributed by atoms with Crippen LogP contribution in [-0.4, -0.2) is 11.0 Å². The number of halogens is 5. The number of nitrogens with one attached hydrogen (secondary N) is 2. The lowest BCUT2D eigenvalue weighted by molar-refractivity contribution is -0.137. The molecule has 0 aliphatic carbocycles. The number of hydrogen-bond acceptors (Lipinski definition) is 2. The van der Waals surface area contributed by atoms with Crippen molar-refractivity contribution >= 4 is 51.5 Å². The fourth-order valence-corrected chi connectivity index (χ4v) is 2.51. The lowest BCUT2D eigenvalue weighted by Crippen LogP contribution is -2.34. The number of thiocarbonyl (C=S) groups is 1. The van der Waals surface area contributed by atoms with E-state index in [0.717, 1.165) is 18.2 Å². The maximum atomic E-state index is 13.1. The van der Waals surface area contributed by atoms with Crippen molar-refractivity contribution in [2.24, 2.45) is 0 Å². The van der Waals surface area contributed by atoms with Crippen LogP contribution in [0.25, 0.3) is 0 Å². The molecule has 0 heterocycles. The second kappa shape index (κ2) is 7.43. The highest BCUT2D eigenvalue weighted by Gasteiger charge is 2.34. The zero-order valence-corrected chi connectivity index (χ0v) is 14.7. The van der Waals surface area contributed by atoms with Crippen LogP contribution in [0.3, 0.4) is 0 Å². The highest BCUT2D eigenvalue weighted by atomic mass is 127. The van der Waals surface area contributed by atoms with Gasteiger partial charge >= 0.3 is 6.18 Å². The number of benzene rings is 2. The quantitative estimate of drug-likeness (QED) is 0.386. The maximum Gasteiger partial charge on any atom is 0.418 e. The van der Waals surface area contributed by atoms with Gasteiger partial charge in [-0.2, -0.15) is 13.2 Å². The van der Waals surface area contributed by atoms with Crippen LogP contribution >= 0.6 is 34.8 Å². The number of alkyl halides is 3. The van der Waals surface area contributed by atoms with Crippen LogP contribution < -0.4 is 10.6 Å². The molecule has 0 fully saturated rings. The van der Waals surface area contributed by atoms with Crippen molar-refractivity contribution in [1.82, 2.24) is 5.32 Å². The van der Waals surface area contributed by atoms with Crippen LogP contribution in [0.15, 0.2) is 42.5 Å². The van der Waals surface area contributed by atoms with Gasteiger partial charge in [0.1, 0.15) is 5.82 Å². The number of hydrogen-bond donors (Lipinski definition) is 2. The van der Waals surface area contributed by atoms with E-state index in [1.165, 1.54) is 24.3 Å². The summed E-state index contributed by atoms with van der Waals surface area (Å²) in [6, 6.07) is 8.48. The molecule has 0 saturated heterocycles. The first-order chi connectivity index (χ1) is 11.2. The topological polar surface area (TPSA) is 41.1 Å². The Morgan fingerprint density at radius 1 is 1.12 bits per heavy atom. The molecular weight excluding hydrogens is 459 g/mol. The van der Waals surface area contributed by atoms with E-state index in [1.807, 2.05) is 0 Å². The van der Waals surface area contributed by atoms with Crippen molar-refractivity contribution in [3.8, 4) is 0 Å². The molecule has 2 aromatic carbocycles. The third-order valence-corrected chi connectivity index (χ3v) is 3.72. The second-order valence-corrected chi connectivity index (χ2v) is 6.26. The van der Waals surface area contributed by atoms with E-state index in [4.69, 9.17) is 12.2 Å². The minimum atomic E-state index is -4.58. The Balaban J connectivity index is 2.14. The molecule has 126 valence electrons. The fourth-order valence-electron chi connectivity index (χ4n) is 1.82. The predicted octanol–water partition coefficient (Wildman–Crippen LogP) is 4.58. The van der Waals surface area contributed by atoms with Gasteiger partial charge in [0.2, 0.25) is 0 Å². The average Bonchev–Trinajstić information content (AvgIpc) is 2.48. The number of amides is 1. The monoisotopic (exact) mass is 468 g/mol. The number of carbonyl (C=O) groups excluding carboxylic acids is 1. The Hall–Kier alpha value is -1.75. The second-order valence-electron chi connectivity index (χ2n) is 4.61. The Bertz CT molecular complexity index is 795. The van der Waals surface area contributed by atoms with Gasteiger partial charge in [-0.05, 0) is 71.2 Å². The van der Waals surface area contributed by atoms with Crippen LogP contribution in [0.2, 0.25) is 0 Å². The summed E-state index contributed by atoms with van der Waals surface area (Å²) in [6.45, 7) is 0. The Kier molecular flexibility index (Phi) is 5.75.